The largest absolute Gasteiger partial charge is 0.330 e. The van der Waals surface area contributed by atoms with E-state index >= 15 is 0 Å². The van der Waals surface area contributed by atoms with Crippen molar-refractivity contribution in [1.29, 1.82) is 0 Å². The van der Waals surface area contributed by atoms with E-state index in [1.807, 2.05) is 0 Å². The van der Waals surface area contributed by atoms with Gasteiger partial charge in [-0.05, 0) is 23.0 Å². The summed E-state index contributed by atoms with van der Waals surface area (Å²) in [6.45, 7) is 8.89. The first-order chi connectivity index (χ1) is 8.45. The molecule has 1 atom stereocenters. The minimum atomic E-state index is -0.0187. The van der Waals surface area contributed by atoms with Crippen LogP contribution < -0.4 is 5.73 Å². The second-order valence-electron chi connectivity index (χ2n) is 5.63. The van der Waals surface area contributed by atoms with Crippen LogP contribution in [0, 0.1) is 11.8 Å². The number of rotatable bonds is 6. The van der Waals surface area contributed by atoms with Crippen LogP contribution in [0.1, 0.15) is 44.7 Å². The van der Waals surface area contributed by atoms with E-state index in [0.717, 1.165) is 5.56 Å². The third kappa shape index (κ3) is 3.95. The van der Waals surface area contributed by atoms with Gasteiger partial charge in [-0.25, -0.2) is 0 Å². The van der Waals surface area contributed by atoms with E-state index in [9.17, 15) is 4.79 Å². The Hall–Kier alpha value is -1.15. The lowest BCUT2D eigenvalue weighted by Crippen LogP contribution is -2.29. The highest BCUT2D eigenvalue weighted by molar-refractivity contribution is 5.83. The van der Waals surface area contributed by atoms with Crippen LogP contribution in [0.3, 0.4) is 0 Å². The van der Waals surface area contributed by atoms with Gasteiger partial charge in [0.25, 0.3) is 0 Å². The highest BCUT2D eigenvalue weighted by atomic mass is 16.1. The van der Waals surface area contributed by atoms with Gasteiger partial charge in [-0.3, -0.25) is 4.79 Å². The van der Waals surface area contributed by atoms with E-state index in [0.29, 0.717) is 24.8 Å². The van der Waals surface area contributed by atoms with Gasteiger partial charge < -0.3 is 5.73 Å². The molecule has 0 radical (unpaired) electrons. The minimum Gasteiger partial charge on any atom is -0.330 e. The Labute approximate surface area is 111 Å². The Morgan fingerprint density at radius 1 is 1.11 bits per heavy atom. The highest BCUT2D eigenvalue weighted by Crippen LogP contribution is 2.17. The van der Waals surface area contributed by atoms with Gasteiger partial charge in [0.05, 0.1) is 0 Å². The van der Waals surface area contributed by atoms with Crippen LogP contribution in [-0.2, 0) is 11.2 Å². The molecule has 2 nitrogen and oxygen atoms in total. The van der Waals surface area contributed by atoms with E-state index in [-0.39, 0.29) is 11.7 Å². The standard InChI is InChI=1S/C16H25NO/c1-11(2)14-7-5-13(6-8-14)9-16(18)15(10-17)12(3)4/h5-8,11-12,15H,9-10,17H2,1-4H3. The van der Waals surface area contributed by atoms with Gasteiger partial charge in [0.15, 0.2) is 0 Å². The predicted octanol–water partition coefficient (Wildman–Crippen LogP) is 3.15. The average molecular weight is 247 g/mol. The van der Waals surface area contributed by atoms with Gasteiger partial charge >= 0.3 is 0 Å². The van der Waals surface area contributed by atoms with E-state index < -0.39 is 0 Å². The highest BCUT2D eigenvalue weighted by Gasteiger charge is 2.20. The molecule has 0 aromatic heterocycles. The summed E-state index contributed by atoms with van der Waals surface area (Å²) < 4.78 is 0. The van der Waals surface area contributed by atoms with Gasteiger partial charge in [-0.15, -0.1) is 0 Å². The number of Topliss-reactive ketones (excluding diaryl/α,β-unsaturated/α-hetero) is 1. The molecule has 18 heavy (non-hydrogen) atoms. The molecule has 100 valence electrons. The van der Waals surface area contributed by atoms with Gasteiger partial charge in [-0.2, -0.15) is 0 Å². The monoisotopic (exact) mass is 247 g/mol. The second-order valence-corrected chi connectivity index (χ2v) is 5.63. The van der Waals surface area contributed by atoms with Crippen LogP contribution in [0.15, 0.2) is 24.3 Å². The van der Waals surface area contributed by atoms with Crippen molar-refractivity contribution in [1.82, 2.24) is 0 Å². The zero-order valence-electron chi connectivity index (χ0n) is 11.9. The molecule has 1 unspecified atom stereocenters. The number of nitrogens with two attached hydrogens (primary N) is 1. The maximum atomic E-state index is 12.1. The molecule has 0 saturated heterocycles. The molecule has 0 fully saturated rings. The number of ketones is 1. The summed E-state index contributed by atoms with van der Waals surface area (Å²) >= 11 is 0. The average Bonchev–Trinajstić information content (AvgIpc) is 2.29. The Morgan fingerprint density at radius 3 is 2.06 bits per heavy atom. The summed E-state index contributed by atoms with van der Waals surface area (Å²) in [7, 11) is 0. The van der Waals surface area contributed by atoms with Crippen LogP contribution >= 0.6 is 0 Å². The summed E-state index contributed by atoms with van der Waals surface area (Å²) in [4.78, 5) is 12.1. The van der Waals surface area contributed by atoms with E-state index in [4.69, 9.17) is 5.73 Å². The van der Waals surface area contributed by atoms with Crippen molar-refractivity contribution in [3.05, 3.63) is 35.4 Å². The number of carbonyl (C=O) groups excluding carboxylic acids is 1. The summed E-state index contributed by atoms with van der Waals surface area (Å²) in [5.74, 6) is 1.08. The van der Waals surface area contributed by atoms with E-state index in [1.165, 1.54) is 5.56 Å². The summed E-state index contributed by atoms with van der Waals surface area (Å²) in [5.41, 5.74) is 8.07. The molecule has 1 aromatic rings. The molecule has 0 heterocycles. The molecule has 0 spiro atoms. The number of carbonyl (C=O) groups is 1. The van der Waals surface area contributed by atoms with Crippen molar-refractivity contribution in [3.8, 4) is 0 Å². The molecule has 0 saturated carbocycles. The number of hydrogen-bond acceptors (Lipinski definition) is 2. The SMILES string of the molecule is CC(C)c1ccc(CC(=O)C(CN)C(C)C)cc1. The zero-order valence-corrected chi connectivity index (χ0v) is 11.9. The van der Waals surface area contributed by atoms with Crippen LogP contribution in [0.2, 0.25) is 0 Å². The van der Waals surface area contributed by atoms with Gasteiger partial charge in [0.1, 0.15) is 5.78 Å². The fourth-order valence-electron chi connectivity index (χ4n) is 2.13. The van der Waals surface area contributed by atoms with Crippen LogP contribution in [0.25, 0.3) is 0 Å². The lowest BCUT2D eigenvalue weighted by atomic mass is 9.88. The molecule has 0 aliphatic carbocycles. The third-order valence-corrected chi connectivity index (χ3v) is 3.50. The minimum absolute atomic E-state index is 0.0187. The predicted molar refractivity (Wildman–Crippen MR) is 76.6 cm³/mol. The van der Waals surface area contributed by atoms with Crippen molar-refractivity contribution >= 4 is 5.78 Å². The van der Waals surface area contributed by atoms with Crippen LogP contribution in [-0.4, -0.2) is 12.3 Å². The fourth-order valence-corrected chi connectivity index (χ4v) is 2.13. The number of benzene rings is 1. The normalized spacial score (nSPS) is 13.1. The van der Waals surface area contributed by atoms with Crippen LogP contribution in [0.5, 0.6) is 0 Å². The Bertz CT molecular complexity index is 379. The zero-order chi connectivity index (χ0) is 13.7. The third-order valence-electron chi connectivity index (χ3n) is 3.50. The summed E-state index contributed by atoms with van der Waals surface area (Å²) in [5, 5.41) is 0. The topological polar surface area (TPSA) is 43.1 Å². The summed E-state index contributed by atoms with van der Waals surface area (Å²) in [6, 6.07) is 8.34. The molecule has 1 rings (SSSR count). The van der Waals surface area contributed by atoms with Crippen molar-refractivity contribution in [2.24, 2.45) is 17.6 Å². The molecular weight excluding hydrogens is 222 g/mol. The number of hydrogen-bond donors (Lipinski definition) is 1. The first-order valence-electron chi connectivity index (χ1n) is 6.77. The molecule has 0 aliphatic rings. The molecule has 1 aromatic carbocycles. The van der Waals surface area contributed by atoms with Crippen molar-refractivity contribution in [2.45, 2.75) is 40.0 Å². The molecule has 2 heteroatoms. The maximum absolute atomic E-state index is 12.1. The van der Waals surface area contributed by atoms with E-state index in [1.54, 1.807) is 0 Å². The van der Waals surface area contributed by atoms with Crippen molar-refractivity contribution < 1.29 is 4.79 Å². The van der Waals surface area contributed by atoms with Gasteiger partial charge in [0.2, 0.25) is 0 Å². The molecule has 2 N–H and O–H groups in total. The molecule has 0 amide bonds. The summed E-state index contributed by atoms with van der Waals surface area (Å²) in [6.07, 6.45) is 0.498. The Morgan fingerprint density at radius 2 is 1.67 bits per heavy atom. The quantitative estimate of drug-likeness (QED) is 0.839. The lowest BCUT2D eigenvalue weighted by molar-refractivity contribution is -0.123. The molecule has 0 aliphatic heterocycles. The fraction of sp³-hybridized carbons (Fsp3) is 0.562. The van der Waals surface area contributed by atoms with Gasteiger partial charge in [-0.1, -0.05) is 52.0 Å². The van der Waals surface area contributed by atoms with E-state index in [2.05, 4.69) is 52.0 Å². The van der Waals surface area contributed by atoms with Gasteiger partial charge in [0, 0.05) is 18.9 Å². The Kier molecular flexibility index (Phi) is 5.54. The lowest BCUT2D eigenvalue weighted by Gasteiger charge is -2.17. The van der Waals surface area contributed by atoms with Crippen LogP contribution in [0.4, 0.5) is 0 Å². The Balaban J connectivity index is 2.70. The smallest absolute Gasteiger partial charge is 0.141 e. The maximum Gasteiger partial charge on any atom is 0.141 e. The second kappa shape index (κ2) is 6.69. The first-order valence-corrected chi connectivity index (χ1v) is 6.77. The van der Waals surface area contributed by atoms with Crippen molar-refractivity contribution in [2.75, 3.05) is 6.54 Å². The molecule has 0 bridgehead atoms. The molecular formula is C16H25NO. The van der Waals surface area contributed by atoms with Crippen molar-refractivity contribution in [3.63, 3.8) is 0 Å². The first kappa shape index (κ1) is 14.9.